The van der Waals surface area contributed by atoms with Gasteiger partial charge in [0.05, 0.1) is 0 Å². The first-order chi connectivity index (χ1) is 8.61. The van der Waals surface area contributed by atoms with Crippen LogP contribution in [0.2, 0.25) is 10.0 Å². The summed E-state index contributed by atoms with van der Waals surface area (Å²) >= 11 is 12.2. The van der Waals surface area contributed by atoms with Gasteiger partial charge < -0.3 is 5.32 Å². The molecule has 2 aromatic rings. The summed E-state index contributed by atoms with van der Waals surface area (Å²) in [7, 11) is 3.76. The molecule has 1 aromatic carbocycles. The summed E-state index contributed by atoms with van der Waals surface area (Å²) in [4.78, 5) is 4.22. The monoisotopic (exact) mass is 284 g/mol. The van der Waals surface area contributed by atoms with Crippen LogP contribution in [0.4, 0.5) is 0 Å². The van der Waals surface area contributed by atoms with Gasteiger partial charge in [-0.3, -0.25) is 4.68 Å². The van der Waals surface area contributed by atoms with Crippen LogP contribution in [-0.2, 0) is 13.5 Å². The van der Waals surface area contributed by atoms with E-state index in [9.17, 15) is 0 Å². The van der Waals surface area contributed by atoms with Gasteiger partial charge in [0.25, 0.3) is 0 Å². The number of hydrogen-bond acceptors (Lipinski definition) is 3. The number of aromatic nitrogens is 3. The minimum atomic E-state index is 0.0547. The van der Waals surface area contributed by atoms with Crippen molar-refractivity contribution in [2.45, 2.75) is 12.5 Å². The van der Waals surface area contributed by atoms with Crippen molar-refractivity contribution >= 4 is 23.2 Å². The molecule has 0 aliphatic heterocycles. The lowest BCUT2D eigenvalue weighted by atomic mass is 10.0. The Morgan fingerprint density at radius 3 is 2.78 bits per heavy atom. The molecule has 1 unspecified atom stereocenters. The normalized spacial score (nSPS) is 12.7. The molecule has 1 heterocycles. The first-order valence-electron chi connectivity index (χ1n) is 5.57. The lowest BCUT2D eigenvalue weighted by molar-refractivity contribution is 0.553. The van der Waals surface area contributed by atoms with E-state index in [4.69, 9.17) is 23.2 Å². The van der Waals surface area contributed by atoms with Crippen LogP contribution in [0.25, 0.3) is 0 Å². The fourth-order valence-electron chi connectivity index (χ4n) is 1.84. The second-order valence-electron chi connectivity index (χ2n) is 4.01. The lowest BCUT2D eigenvalue weighted by Crippen LogP contribution is -2.21. The van der Waals surface area contributed by atoms with Gasteiger partial charge in [0, 0.05) is 29.6 Å². The highest BCUT2D eigenvalue weighted by Crippen LogP contribution is 2.27. The molecule has 0 saturated heterocycles. The minimum absolute atomic E-state index is 0.0547. The van der Waals surface area contributed by atoms with E-state index in [0.717, 1.165) is 11.4 Å². The van der Waals surface area contributed by atoms with Crippen molar-refractivity contribution in [1.29, 1.82) is 0 Å². The summed E-state index contributed by atoms with van der Waals surface area (Å²) < 4.78 is 1.75. The Balaban J connectivity index is 2.28. The van der Waals surface area contributed by atoms with E-state index in [1.807, 2.05) is 20.2 Å². The smallest absolute Gasteiger partial charge is 0.138 e. The SMILES string of the molecule is CNC(Cc1ncnn1C)c1cc(Cl)ccc1Cl. The zero-order chi connectivity index (χ0) is 13.1. The largest absolute Gasteiger partial charge is 0.313 e. The van der Waals surface area contributed by atoms with Crippen LogP contribution in [-0.4, -0.2) is 21.8 Å². The molecule has 0 amide bonds. The Morgan fingerprint density at radius 2 is 2.17 bits per heavy atom. The predicted molar refractivity (Wildman–Crippen MR) is 73.0 cm³/mol. The second-order valence-corrected chi connectivity index (χ2v) is 4.85. The lowest BCUT2D eigenvalue weighted by Gasteiger charge is -2.17. The molecular formula is C12H14Cl2N4. The van der Waals surface area contributed by atoms with Crippen LogP contribution in [0.3, 0.4) is 0 Å². The van der Waals surface area contributed by atoms with Gasteiger partial charge in [0.2, 0.25) is 0 Å². The fourth-order valence-corrected chi connectivity index (χ4v) is 2.27. The van der Waals surface area contributed by atoms with E-state index in [2.05, 4.69) is 15.4 Å². The number of rotatable bonds is 4. The number of benzene rings is 1. The molecule has 6 heteroatoms. The zero-order valence-electron chi connectivity index (χ0n) is 10.2. The van der Waals surface area contributed by atoms with E-state index in [0.29, 0.717) is 16.5 Å². The van der Waals surface area contributed by atoms with Crippen molar-refractivity contribution in [1.82, 2.24) is 20.1 Å². The van der Waals surface area contributed by atoms with Crippen LogP contribution in [0.1, 0.15) is 17.4 Å². The number of aryl methyl sites for hydroxylation is 1. The maximum atomic E-state index is 6.21. The van der Waals surface area contributed by atoms with E-state index in [1.54, 1.807) is 23.1 Å². The van der Waals surface area contributed by atoms with Gasteiger partial charge in [0.15, 0.2) is 0 Å². The Morgan fingerprint density at radius 1 is 1.39 bits per heavy atom. The van der Waals surface area contributed by atoms with E-state index in [-0.39, 0.29) is 6.04 Å². The topological polar surface area (TPSA) is 42.7 Å². The summed E-state index contributed by atoms with van der Waals surface area (Å²) in [5, 5.41) is 8.65. The van der Waals surface area contributed by atoms with Crippen molar-refractivity contribution in [3.05, 3.63) is 46.0 Å². The third-order valence-electron chi connectivity index (χ3n) is 2.87. The summed E-state index contributed by atoms with van der Waals surface area (Å²) in [5.74, 6) is 0.894. The minimum Gasteiger partial charge on any atom is -0.313 e. The molecule has 0 radical (unpaired) electrons. The highest BCUT2D eigenvalue weighted by atomic mass is 35.5. The second kappa shape index (κ2) is 5.69. The van der Waals surface area contributed by atoms with Crippen molar-refractivity contribution in [2.75, 3.05) is 7.05 Å². The van der Waals surface area contributed by atoms with Crippen LogP contribution in [0.5, 0.6) is 0 Å². The third kappa shape index (κ3) is 2.83. The van der Waals surface area contributed by atoms with Crippen molar-refractivity contribution in [2.24, 2.45) is 7.05 Å². The molecule has 1 aromatic heterocycles. The van der Waals surface area contributed by atoms with E-state index in [1.165, 1.54) is 0 Å². The number of hydrogen-bond donors (Lipinski definition) is 1. The molecule has 0 fully saturated rings. The number of halogens is 2. The van der Waals surface area contributed by atoms with Crippen LogP contribution >= 0.6 is 23.2 Å². The van der Waals surface area contributed by atoms with Gasteiger partial charge in [-0.25, -0.2) is 4.98 Å². The molecule has 0 saturated carbocycles. The molecule has 0 aliphatic carbocycles. The predicted octanol–water partition coefficient (Wildman–Crippen LogP) is 2.63. The van der Waals surface area contributed by atoms with Gasteiger partial charge >= 0.3 is 0 Å². The zero-order valence-corrected chi connectivity index (χ0v) is 11.7. The first kappa shape index (κ1) is 13.3. The summed E-state index contributed by atoms with van der Waals surface area (Å²) in [5.41, 5.74) is 0.967. The standard InChI is InChI=1S/C12H14Cl2N4/c1-15-11(6-12-16-7-17-18(12)2)9-5-8(13)3-4-10(9)14/h3-5,7,11,15H,6H2,1-2H3. The Kier molecular flexibility index (Phi) is 4.22. The fraction of sp³-hybridized carbons (Fsp3) is 0.333. The van der Waals surface area contributed by atoms with Crippen LogP contribution in [0.15, 0.2) is 24.5 Å². The molecule has 0 bridgehead atoms. The Labute approximate surface area is 116 Å². The van der Waals surface area contributed by atoms with Gasteiger partial charge in [-0.2, -0.15) is 5.10 Å². The quantitative estimate of drug-likeness (QED) is 0.939. The number of nitrogens with zero attached hydrogens (tertiary/aromatic N) is 3. The molecule has 2 rings (SSSR count). The van der Waals surface area contributed by atoms with Gasteiger partial charge in [-0.1, -0.05) is 23.2 Å². The Hall–Kier alpha value is -1.10. The Bertz CT molecular complexity index is 539. The maximum Gasteiger partial charge on any atom is 0.138 e. The van der Waals surface area contributed by atoms with Crippen LogP contribution < -0.4 is 5.32 Å². The molecule has 1 N–H and O–H groups in total. The van der Waals surface area contributed by atoms with E-state index < -0.39 is 0 Å². The van der Waals surface area contributed by atoms with Gasteiger partial charge in [-0.15, -0.1) is 0 Å². The molecular weight excluding hydrogens is 271 g/mol. The molecule has 0 spiro atoms. The third-order valence-corrected chi connectivity index (χ3v) is 3.45. The molecule has 96 valence electrons. The van der Waals surface area contributed by atoms with Crippen molar-refractivity contribution < 1.29 is 0 Å². The summed E-state index contributed by atoms with van der Waals surface area (Å²) in [6.07, 6.45) is 2.24. The molecule has 1 atom stereocenters. The van der Waals surface area contributed by atoms with E-state index >= 15 is 0 Å². The molecule has 18 heavy (non-hydrogen) atoms. The summed E-state index contributed by atoms with van der Waals surface area (Å²) in [6.45, 7) is 0. The highest BCUT2D eigenvalue weighted by molar-refractivity contribution is 6.33. The highest BCUT2D eigenvalue weighted by Gasteiger charge is 2.16. The van der Waals surface area contributed by atoms with Crippen LogP contribution in [0, 0.1) is 0 Å². The van der Waals surface area contributed by atoms with Gasteiger partial charge in [-0.05, 0) is 30.8 Å². The average molecular weight is 285 g/mol. The van der Waals surface area contributed by atoms with Gasteiger partial charge in [0.1, 0.15) is 12.2 Å². The van der Waals surface area contributed by atoms with Crippen molar-refractivity contribution in [3.8, 4) is 0 Å². The number of nitrogens with one attached hydrogen (secondary N) is 1. The van der Waals surface area contributed by atoms with Crippen molar-refractivity contribution in [3.63, 3.8) is 0 Å². The summed E-state index contributed by atoms with van der Waals surface area (Å²) in [6, 6.07) is 5.52. The number of likely N-dealkylation sites (N-methyl/N-ethyl adjacent to an activating group) is 1. The molecule has 0 aliphatic rings. The average Bonchev–Trinajstić information content (AvgIpc) is 2.75. The maximum absolute atomic E-state index is 6.21. The first-order valence-corrected chi connectivity index (χ1v) is 6.32. The molecule has 4 nitrogen and oxygen atoms in total.